The van der Waals surface area contributed by atoms with Crippen LogP contribution in [0, 0.1) is 13.8 Å². The van der Waals surface area contributed by atoms with E-state index < -0.39 is 0 Å². The first-order chi connectivity index (χ1) is 13.6. The lowest BCUT2D eigenvalue weighted by Crippen LogP contribution is -2.45. The Labute approximate surface area is 164 Å². The number of aromatic amines is 1. The van der Waals surface area contributed by atoms with Crippen molar-refractivity contribution < 1.29 is 9.21 Å². The number of aryl methyl sites for hydroxylation is 2. The molecule has 3 aromatic rings. The second kappa shape index (κ2) is 7.88. The number of nitrogens with one attached hydrogen (secondary N) is 2. The molecule has 1 aliphatic carbocycles. The van der Waals surface area contributed by atoms with Gasteiger partial charge in [-0.2, -0.15) is 5.10 Å². The summed E-state index contributed by atoms with van der Waals surface area (Å²) < 4.78 is 5.56. The summed E-state index contributed by atoms with van der Waals surface area (Å²) in [4.78, 5) is 19.4. The van der Waals surface area contributed by atoms with E-state index in [1.807, 2.05) is 43.0 Å². The van der Waals surface area contributed by atoms with E-state index in [0.717, 1.165) is 59.8 Å². The molecule has 1 saturated carbocycles. The summed E-state index contributed by atoms with van der Waals surface area (Å²) in [5, 5.41) is 9.97. The van der Waals surface area contributed by atoms with Crippen LogP contribution in [0.5, 0.6) is 0 Å². The molecule has 0 unspecified atom stereocenters. The number of hydrogen-bond acceptors (Lipinski definition) is 4. The summed E-state index contributed by atoms with van der Waals surface area (Å²) in [5.74, 6) is 1.59. The van der Waals surface area contributed by atoms with Gasteiger partial charge in [-0.1, -0.05) is 12.8 Å². The van der Waals surface area contributed by atoms with Gasteiger partial charge in [0.1, 0.15) is 11.5 Å². The highest BCUT2D eigenvalue weighted by atomic mass is 16.3. The van der Waals surface area contributed by atoms with E-state index in [1.54, 1.807) is 12.4 Å². The maximum Gasteiger partial charge on any atom is 0.322 e. The van der Waals surface area contributed by atoms with Crippen molar-refractivity contribution >= 4 is 11.7 Å². The Bertz CT molecular complexity index is 938. The number of urea groups is 1. The molecule has 0 atom stereocenters. The molecule has 0 aliphatic heterocycles. The third kappa shape index (κ3) is 3.78. The Hall–Kier alpha value is -3.09. The molecule has 7 heteroatoms. The van der Waals surface area contributed by atoms with Gasteiger partial charge in [-0.3, -0.25) is 15.0 Å². The first-order valence-electron chi connectivity index (χ1n) is 9.70. The largest absolute Gasteiger partial charge is 0.465 e. The maximum absolute atomic E-state index is 13.0. The van der Waals surface area contributed by atoms with Gasteiger partial charge in [0.15, 0.2) is 0 Å². The summed E-state index contributed by atoms with van der Waals surface area (Å²) in [6.07, 6.45) is 7.85. The number of nitrogens with zero attached hydrogens (tertiary/aromatic N) is 3. The lowest BCUT2D eigenvalue weighted by Gasteiger charge is -2.29. The topological polar surface area (TPSA) is 87.0 Å². The SMILES string of the molecule is Cc1ccc(CNC(=O)N(c2ccc(-c3cn[nH]c3C)nc2)C2CCCC2)o1. The minimum absolute atomic E-state index is 0.116. The second-order valence-corrected chi connectivity index (χ2v) is 7.29. The van der Waals surface area contributed by atoms with Crippen molar-refractivity contribution in [3.63, 3.8) is 0 Å². The normalized spacial score (nSPS) is 14.4. The average molecular weight is 379 g/mol. The zero-order valence-electron chi connectivity index (χ0n) is 16.2. The molecule has 2 N–H and O–H groups in total. The minimum atomic E-state index is -0.116. The third-order valence-corrected chi connectivity index (χ3v) is 5.25. The Morgan fingerprint density at radius 1 is 1.21 bits per heavy atom. The number of carbonyl (C=O) groups is 1. The molecule has 0 saturated heterocycles. The number of H-pyrrole nitrogens is 1. The molecule has 0 radical (unpaired) electrons. The molecule has 7 nitrogen and oxygen atoms in total. The fourth-order valence-corrected chi connectivity index (χ4v) is 3.78. The first-order valence-corrected chi connectivity index (χ1v) is 9.70. The van der Waals surface area contributed by atoms with Crippen molar-refractivity contribution in [2.24, 2.45) is 0 Å². The van der Waals surface area contributed by atoms with E-state index in [0.29, 0.717) is 6.54 Å². The minimum Gasteiger partial charge on any atom is -0.465 e. The van der Waals surface area contributed by atoms with Crippen LogP contribution in [0.15, 0.2) is 41.1 Å². The van der Waals surface area contributed by atoms with Crippen molar-refractivity contribution in [3.8, 4) is 11.3 Å². The lowest BCUT2D eigenvalue weighted by molar-refractivity contribution is 0.242. The van der Waals surface area contributed by atoms with Gasteiger partial charge >= 0.3 is 6.03 Å². The fraction of sp³-hybridized carbons (Fsp3) is 0.381. The molecule has 0 bridgehead atoms. The van der Waals surface area contributed by atoms with Crippen molar-refractivity contribution in [2.45, 2.75) is 52.1 Å². The third-order valence-electron chi connectivity index (χ3n) is 5.25. The van der Waals surface area contributed by atoms with Crippen LogP contribution in [-0.2, 0) is 6.54 Å². The van der Waals surface area contributed by atoms with Crippen LogP contribution in [0.1, 0.15) is 42.9 Å². The van der Waals surface area contributed by atoms with E-state index in [1.165, 1.54) is 0 Å². The van der Waals surface area contributed by atoms with Crippen LogP contribution >= 0.6 is 0 Å². The molecule has 0 spiro atoms. The van der Waals surface area contributed by atoms with E-state index >= 15 is 0 Å². The van der Waals surface area contributed by atoms with Crippen molar-refractivity contribution in [2.75, 3.05) is 4.90 Å². The summed E-state index contributed by atoms with van der Waals surface area (Å²) >= 11 is 0. The van der Waals surface area contributed by atoms with E-state index in [4.69, 9.17) is 4.42 Å². The van der Waals surface area contributed by atoms with Crippen LogP contribution in [0.3, 0.4) is 0 Å². The van der Waals surface area contributed by atoms with Gasteiger partial charge in [-0.25, -0.2) is 4.79 Å². The van der Waals surface area contributed by atoms with Gasteiger partial charge in [0, 0.05) is 17.3 Å². The van der Waals surface area contributed by atoms with Crippen molar-refractivity contribution in [3.05, 3.63) is 53.9 Å². The number of rotatable bonds is 5. The Morgan fingerprint density at radius 2 is 2.04 bits per heavy atom. The summed E-state index contributed by atoms with van der Waals surface area (Å²) in [7, 11) is 0. The van der Waals surface area contributed by atoms with Gasteiger partial charge in [0.25, 0.3) is 0 Å². The number of furan rings is 1. The van der Waals surface area contributed by atoms with Crippen LogP contribution in [0.4, 0.5) is 10.5 Å². The van der Waals surface area contributed by atoms with Gasteiger partial charge in [-0.15, -0.1) is 0 Å². The van der Waals surface area contributed by atoms with E-state index in [-0.39, 0.29) is 12.1 Å². The Kier molecular flexibility index (Phi) is 5.14. The summed E-state index contributed by atoms with van der Waals surface area (Å²) in [6.45, 7) is 4.23. The standard InChI is InChI=1S/C21H25N5O2/c1-14-7-9-18(28-14)12-23-21(27)26(16-5-3-4-6-16)17-8-10-20(22-11-17)19-13-24-25-15(19)2/h7-11,13,16H,3-6,12H2,1-2H3,(H,23,27)(H,24,25). The number of hydrogen-bond donors (Lipinski definition) is 2. The van der Waals surface area contributed by atoms with Gasteiger partial charge in [0.2, 0.25) is 0 Å². The molecular weight excluding hydrogens is 354 g/mol. The highest BCUT2D eigenvalue weighted by molar-refractivity contribution is 5.92. The predicted octanol–water partition coefficient (Wildman–Crippen LogP) is 4.34. The zero-order valence-corrected chi connectivity index (χ0v) is 16.2. The Balaban J connectivity index is 1.53. The molecule has 0 aromatic carbocycles. The highest BCUT2D eigenvalue weighted by Gasteiger charge is 2.28. The zero-order chi connectivity index (χ0) is 19.5. The maximum atomic E-state index is 13.0. The molecule has 146 valence electrons. The molecule has 2 amide bonds. The molecular formula is C21H25N5O2. The number of carbonyl (C=O) groups excluding carboxylic acids is 1. The van der Waals surface area contributed by atoms with Gasteiger partial charge in [-0.05, 0) is 51.0 Å². The van der Waals surface area contributed by atoms with Gasteiger partial charge < -0.3 is 9.73 Å². The van der Waals surface area contributed by atoms with Crippen molar-refractivity contribution in [1.82, 2.24) is 20.5 Å². The Morgan fingerprint density at radius 3 is 2.64 bits per heavy atom. The molecule has 28 heavy (non-hydrogen) atoms. The second-order valence-electron chi connectivity index (χ2n) is 7.29. The highest BCUT2D eigenvalue weighted by Crippen LogP contribution is 2.29. The predicted molar refractivity (Wildman–Crippen MR) is 107 cm³/mol. The monoisotopic (exact) mass is 379 g/mol. The quantitative estimate of drug-likeness (QED) is 0.690. The molecule has 1 aliphatic rings. The van der Waals surface area contributed by atoms with Crippen LogP contribution in [0.2, 0.25) is 0 Å². The molecule has 3 heterocycles. The summed E-state index contributed by atoms with van der Waals surface area (Å²) in [5.41, 5.74) is 3.59. The van der Waals surface area contributed by atoms with Gasteiger partial charge in [0.05, 0.1) is 30.3 Å². The van der Waals surface area contributed by atoms with E-state index in [9.17, 15) is 4.79 Å². The van der Waals surface area contributed by atoms with Crippen LogP contribution in [0.25, 0.3) is 11.3 Å². The smallest absolute Gasteiger partial charge is 0.322 e. The van der Waals surface area contributed by atoms with Crippen LogP contribution in [-0.4, -0.2) is 27.3 Å². The first kappa shape index (κ1) is 18.3. The summed E-state index contributed by atoms with van der Waals surface area (Å²) in [6, 6.07) is 7.77. The van der Waals surface area contributed by atoms with Crippen molar-refractivity contribution in [1.29, 1.82) is 0 Å². The molecule has 1 fully saturated rings. The fourth-order valence-electron chi connectivity index (χ4n) is 3.78. The van der Waals surface area contributed by atoms with Crippen LogP contribution < -0.4 is 10.2 Å². The number of anilines is 1. The lowest BCUT2D eigenvalue weighted by atomic mass is 10.1. The number of amides is 2. The average Bonchev–Trinajstić information content (AvgIpc) is 3.44. The number of aromatic nitrogens is 3. The molecule has 3 aromatic heterocycles. The van der Waals surface area contributed by atoms with E-state index in [2.05, 4.69) is 20.5 Å². The number of pyridine rings is 1. The molecule has 4 rings (SSSR count).